The number of benzene rings is 2. The SMILES string of the molecule is C[C@@H]1Cc2cc(C(=O)N[C@H](c3ccccc3)c3nccn3C)ccc2N1S(C)(=O)=O. The van der Waals surface area contributed by atoms with Crippen molar-refractivity contribution < 1.29 is 13.2 Å². The van der Waals surface area contributed by atoms with E-state index in [2.05, 4.69) is 10.3 Å². The summed E-state index contributed by atoms with van der Waals surface area (Å²) in [5, 5.41) is 3.08. The van der Waals surface area contributed by atoms with Crippen molar-refractivity contribution in [1.29, 1.82) is 0 Å². The summed E-state index contributed by atoms with van der Waals surface area (Å²) in [5.41, 5.74) is 2.92. The van der Waals surface area contributed by atoms with Crippen LogP contribution in [0.15, 0.2) is 60.9 Å². The normalized spacial score (nSPS) is 16.9. The van der Waals surface area contributed by atoms with Crippen molar-refractivity contribution in [1.82, 2.24) is 14.9 Å². The fourth-order valence-corrected chi connectivity index (χ4v) is 5.33. The maximum absolute atomic E-state index is 13.1. The Balaban J connectivity index is 1.65. The third-order valence-electron chi connectivity index (χ3n) is 5.38. The molecule has 0 spiro atoms. The van der Waals surface area contributed by atoms with E-state index in [-0.39, 0.29) is 11.9 Å². The maximum atomic E-state index is 13.1. The minimum Gasteiger partial charge on any atom is -0.338 e. The minimum atomic E-state index is -3.37. The van der Waals surface area contributed by atoms with Crippen LogP contribution in [0.2, 0.25) is 0 Å². The average molecular weight is 425 g/mol. The summed E-state index contributed by atoms with van der Waals surface area (Å²) in [6.45, 7) is 1.87. The van der Waals surface area contributed by atoms with Gasteiger partial charge in [0.05, 0.1) is 11.9 Å². The predicted molar refractivity (Wildman–Crippen MR) is 116 cm³/mol. The van der Waals surface area contributed by atoms with Crippen molar-refractivity contribution in [3.8, 4) is 0 Å². The van der Waals surface area contributed by atoms with Gasteiger partial charge in [-0.1, -0.05) is 30.3 Å². The molecule has 1 amide bonds. The average Bonchev–Trinajstić information content (AvgIpc) is 3.27. The van der Waals surface area contributed by atoms with Crippen LogP contribution in [0.1, 0.15) is 40.3 Å². The van der Waals surface area contributed by atoms with Crippen molar-refractivity contribution in [3.63, 3.8) is 0 Å². The monoisotopic (exact) mass is 424 g/mol. The molecule has 30 heavy (non-hydrogen) atoms. The van der Waals surface area contributed by atoms with Crippen LogP contribution in [0.25, 0.3) is 0 Å². The zero-order chi connectivity index (χ0) is 21.5. The molecule has 0 radical (unpaired) electrons. The molecule has 2 aromatic carbocycles. The number of carbonyl (C=O) groups excluding carboxylic acids is 1. The summed E-state index contributed by atoms with van der Waals surface area (Å²) >= 11 is 0. The molecule has 8 heteroatoms. The standard InChI is InChI=1S/C22H24N4O3S/c1-15-13-18-14-17(9-10-19(18)26(15)30(3,28)29)22(27)24-20(16-7-5-4-6-8-16)21-23-11-12-25(21)2/h4-12,14-15,20H,13H2,1-3H3,(H,24,27)/t15-,20-/m1/s1. The highest BCUT2D eigenvalue weighted by Gasteiger charge is 2.33. The lowest BCUT2D eigenvalue weighted by molar-refractivity contribution is 0.0941. The Bertz CT molecular complexity index is 1190. The van der Waals surface area contributed by atoms with Gasteiger partial charge in [0.15, 0.2) is 0 Å². The van der Waals surface area contributed by atoms with Gasteiger partial charge in [0.1, 0.15) is 11.9 Å². The van der Waals surface area contributed by atoms with Gasteiger partial charge in [0, 0.05) is 31.0 Å². The van der Waals surface area contributed by atoms with Crippen molar-refractivity contribution in [2.45, 2.75) is 25.4 Å². The first-order valence-electron chi connectivity index (χ1n) is 9.71. The molecule has 0 unspecified atom stereocenters. The predicted octanol–water partition coefficient (Wildman–Crippen LogP) is 2.65. The molecular weight excluding hydrogens is 400 g/mol. The van der Waals surface area contributed by atoms with Crippen LogP contribution in [0.4, 0.5) is 5.69 Å². The first-order valence-corrected chi connectivity index (χ1v) is 11.6. The summed E-state index contributed by atoms with van der Waals surface area (Å²) < 4.78 is 27.6. The largest absolute Gasteiger partial charge is 0.338 e. The molecule has 1 aliphatic rings. The lowest BCUT2D eigenvalue weighted by Crippen LogP contribution is -2.34. The quantitative estimate of drug-likeness (QED) is 0.682. The number of anilines is 1. The van der Waals surface area contributed by atoms with Gasteiger partial charge >= 0.3 is 0 Å². The zero-order valence-corrected chi connectivity index (χ0v) is 17.9. The number of sulfonamides is 1. The number of carbonyl (C=O) groups is 1. The number of hydrogen-bond donors (Lipinski definition) is 1. The van der Waals surface area contributed by atoms with E-state index in [4.69, 9.17) is 0 Å². The Morgan fingerprint density at radius 1 is 1.20 bits per heavy atom. The molecule has 2 atom stereocenters. The molecule has 2 heterocycles. The van der Waals surface area contributed by atoms with Crippen LogP contribution < -0.4 is 9.62 Å². The first-order chi connectivity index (χ1) is 14.3. The van der Waals surface area contributed by atoms with E-state index in [1.807, 2.05) is 55.1 Å². The Labute approximate surface area is 176 Å². The second-order valence-corrected chi connectivity index (χ2v) is 9.53. The number of fused-ring (bicyclic) bond motifs is 1. The summed E-state index contributed by atoms with van der Waals surface area (Å²) in [6.07, 6.45) is 5.32. The molecule has 156 valence electrons. The van der Waals surface area contributed by atoms with Gasteiger partial charge in [-0.2, -0.15) is 0 Å². The van der Waals surface area contributed by atoms with E-state index < -0.39 is 16.1 Å². The van der Waals surface area contributed by atoms with E-state index in [9.17, 15) is 13.2 Å². The van der Waals surface area contributed by atoms with Crippen LogP contribution in [-0.4, -0.2) is 36.2 Å². The van der Waals surface area contributed by atoms with Crippen molar-refractivity contribution in [2.24, 2.45) is 7.05 Å². The lowest BCUT2D eigenvalue weighted by Gasteiger charge is -2.22. The molecule has 1 aromatic heterocycles. The van der Waals surface area contributed by atoms with Gasteiger partial charge in [-0.3, -0.25) is 9.10 Å². The van der Waals surface area contributed by atoms with Gasteiger partial charge in [-0.25, -0.2) is 13.4 Å². The van der Waals surface area contributed by atoms with E-state index >= 15 is 0 Å². The summed E-state index contributed by atoms with van der Waals surface area (Å²) in [6, 6.07) is 14.3. The molecule has 0 saturated carbocycles. The molecule has 0 fully saturated rings. The lowest BCUT2D eigenvalue weighted by atomic mass is 10.0. The number of nitrogens with one attached hydrogen (secondary N) is 1. The van der Waals surface area contributed by atoms with Gasteiger partial charge in [-0.05, 0) is 42.7 Å². The van der Waals surface area contributed by atoms with E-state index in [0.717, 1.165) is 17.0 Å². The molecule has 0 saturated heterocycles. The number of aromatic nitrogens is 2. The Morgan fingerprint density at radius 2 is 1.93 bits per heavy atom. The smallest absolute Gasteiger partial charge is 0.252 e. The second-order valence-electron chi connectivity index (χ2n) is 7.67. The molecular formula is C22H24N4O3S. The second kappa shape index (κ2) is 7.60. The summed E-state index contributed by atoms with van der Waals surface area (Å²) in [4.78, 5) is 17.5. The molecule has 3 aromatic rings. The van der Waals surface area contributed by atoms with E-state index in [1.54, 1.807) is 24.4 Å². The first kappa shape index (κ1) is 20.2. The van der Waals surface area contributed by atoms with Crippen LogP contribution in [0.5, 0.6) is 0 Å². The molecule has 4 rings (SSSR count). The number of hydrogen-bond acceptors (Lipinski definition) is 4. The van der Waals surface area contributed by atoms with Crippen LogP contribution in [0.3, 0.4) is 0 Å². The number of imidazole rings is 1. The van der Waals surface area contributed by atoms with E-state index in [1.165, 1.54) is 10.6 Å². The van der Waals surface area contributed by atoms with Crippen LogP contribution >= 0.6 is 0 Å². The van der Waals surface area contributed by atoms with Gasteiger partial charge in [-0.15, -0.1) is 0 Å². The minimum absolute atomic E-state index is 0.169. The van der Waals surface area contributed by atoms with Crippen LogP contribution in [-0.2, 0) is 23.5 Å². The molecule has 0 aliphatic carbocycles. The Kier molecular flexibility index (Phi) is 5.11. The third-order valence-corrected chi connectivity index (χ3v) is 6.65. The maximum Gasteiger partial charge on any atom is 0.252 e. The Morgan fingerprint density at radius 3 is 2.57 bits per heavy atom. The molecule has 1 N–H and O–H groups in total. The number of amides is 1. The summed E-state index contributed by atoms with van der Waals surface area (Å²) in [5.74, 6) is 0.493. The fourth-order valence-electron chi connectivity index (χ4n) is 4.06. The van der Waals surface area contributed by atoms with Crippen molar-refractivity contribution in [3.05, 3.63) is 83.4 Å². The van der Waals surface area contributed by atoms with Gasteiger partial charge in [0.2, 0.25) is 10.0 Å². The molecule has 0 bridgehead atoms. The van der Waals surface area contributed by atoms with Crippen LogP contribution in [0, 0.1) is 0 Å². The third kappa shape index (κ3) is 3.70. The topological polar surface area (TPSA) is 84.3 Å². The van der Waals surface area contributed by atoms with E-state index in [0.29, 0.717) is 17.7 Å². The highest BCUT2D eigenvalue weighted by atomic mass is 32.2. The van der Waals surface area contributed by atoms with Gasteiger partial charge < -0.3 is 9.88 Å². The Hall–Kier alpha value is -3.13. The van der Waals surface area contributed by atoms with Crippen molar-refractivity contribution >= 4 is 21.6 Å². The molecule has 1 aliphatic heterocycles. The highest BCUT2D eigenvalue weighted by molar-refractivity contribution is 7.92. The zero-order valence-electron chi connectivity index (χ0n) is 17.1. The number of aryl methyl sites for hydroxylation is 1. The molecule has 7 nitrogen and oxygen atoms in total. The van der Waals surface area contributed by atoms with Gasteiger partial charge in [0.25, 0.3) is 5.91 Å². The number of nitrogens with zero attached hydrogens (tertiary/aromatic N) is 3. The summed E-state index contributed by atoms with van der Waals surface area (Å²) in [7, 11) is -1.48. The number of rotatable bonds is 5. The highest BCUT2D eigenvalue weighted by Crippen LogP contribution is 2.35. The fraction of sp³-hybridized carbons (Fsp3) is 0.273. The van der Waals surface area contributed by atoms with Crippen molar-refractivity contribution in [2.75, 3.05) is 10.6 Å².